The van der Waals surface area contributed by atoms with Crippen LogP contribution in [0.25, 0.3) is 5.76 Å². The van der Waals surface area contributed by atoms with Crippen LogP contribution < -0.4 is 4.74 Å². The first kappa shape index (κ1) is 19.1. The van der Waals surface area contributed by atoms with Gasteiger partial charge in [0, 0.05) is 12.5 Å². The van der Waals surface area contributed by atoms with E-state index in [1.807, 2.05) is 6.92 Å². The summed E-state index contributed by atoms with van der Waals surface area (Å²) in [6.07, 6.45) is 1.79. The number of rotatable bonds is 7. The van der Waals surface area contributed by atoms with Gasteiger partial charge in [-0.05, 0) is 37.6 Å². The largest absolute Gasteiger partial charge is 0.507 e. The predicted octanol–water partition coefficient (Wildman–Crippen LogP) is 4.36. The second kappa shape index (κ2) is 8.20. The highest BCUT2D eigenvalue weighted by Crippen LogP contribution is 2.38. The van der Waals surface area contributed by atoms with Gasteiger partial charge in [0.15, 0.2) is 11.6 Å². The zero-order chi connectivity index (χ0) is 19.3. The van der Waals surface area contributed by atoms with Crippen molar-refractivity contribution in [2.24, 2.45) is 0 Å². The van der Waals surface area contributed by atoms with Crippen LogP contribution in [-0.2, 0) is 4.79 Å². The average Bonchev–Trinajstić information content (AvgIpc) is 2.54. The summed E-state index contributed by atoms with van der Waals surface area (Å²) in [5, 5.41) is 30.3. The van der Waals surface area contributed by atoms with Crippen molar-refractivity contribution in [3.63, 3.8) is 0 Å². The van der Waals surface area contributed by atoms with Gasteiger partial charge in [-0.3, -0.25) is 9.59 Å². The highest BCUT2D eigenvalue weighted by molar-refractivity contribution is 6.01. The quantitative estimate of drug-likeness (QED) is 0.387. The van der Waals surface area contributed by atoms with Gasteiger partial charge in [-0.2, -0.15) is 0 Å². The Hall–Kier alpha value is -3.28. The van der Waals surface area contributed by atoms with E-state index in [4.69, 9.17) is 4.74 Å². The van der Waals surface area contributed by atoms with Crippen molar-refractivity contribution in [2.75, 3.05) is 0 Å². The monoisotopic (exact) mass is 356 g/mol. The lowest BCUT2D eigenvalue weighted by atomic mass is 10.0. The fourth-order valence-corrected chi connectivity index (χ4v) is 2.48. The summed E-state index contributed by atoms with van der Waals surface area (Å²) in [7, 11) is 0. The van der Waals surface area contributed by atoms with E-state index in [9.17, 15) is 24.9 Å². The van der Waals surface area contributed by atoms with Crippen LogP contribution in [0.5, 0.6) is 23.0 Å². The molecule has 0 bridgehead atoms. The van der Waals surface area contributed by atoms with E-state index < -0.39 is 11.5 Å². The van der Waals surface area contributed by atoms with Crippen molar-refractivity contribution >= 4 is 17.3 Å². The molecule has 0 amide bonds. The maximum Gasteiger partial charge on any atom is 0.170 e. The zero-order valence-electron chi connectivity index (χ0n) is 14.5. The van der Waals surface area contributed by atoms with Crippen LogP contribution in [0, 0.1) is 0 Å². The minimum Gasteiger partial charge on any atom is -0.507 e. The second-order valence-corrected chi connectivity index (χ2v) is 5.72. The number of allylic oxidation sites excluding steroid dienone is 1. The lowest BCUT2D eigenvalue weighted by molar-refractivity contribution is -0.112. The molecule has 26 heavy (non-hydrogen) atoms. The second-order valence-electron chi connectivity index (χ2n) is 5.72. The molecule has 0 spiro atoms. The summed E-state index contributed by atoms with van der Waals surface area (Å²) in [6.45, 7) is 3.10. The molecular formula is C20H20O6. The first-order valence-corrected chi connectivity index (χ1v) is 8.11. The lowest BCUT2D eigenvalue weighted by Crippen LogP contribution is -2.03. The van der Waals surface area contributed by atoms with Gasteiger partial charge in [0.25, 0.3) is 0 Å². The van der Waals surface area contributed by atoms with Gasteiger partial charge >= 0.3 is 0 Å². The molecule has 0 fully saturated rings. The average molecular weight is 356 g/mol. The van der Waals surface area contributed by atoms with Gasteiger partial charge in [-0.1, -0.05) is 19.1 Å². The lowest BCUT2D eigenvalue weighted by Gasteiger charge is -2.15. The molecular weight excluding hydrogens is 336 g/mol. The maximum absolute atomic E-state index is 12.3. The van der Waals surface area contributed by atoms with Crippen LogP contribution >= 0.6 is 0 Å². The zero-order valence-corrected chi connectivity index (χ0v) is 14.5. The van der Waals surface area contributed by atoms with Gasteiger partial charge in [0.05, 0.1) is 0 Å². The van der Waals surface area contributed by atoms with Crippen molar-refractivity contribution < 1.29 is 29.6 Å². The van der Waals surface area contributed by atoms with E-state index >= 15 is 0 Å². The molecule has 0 atom stereocenters. The number of phenols is 2. The SMILES string of the molecule is CCCC(=O)c1c(O)cccc1Oc1cccc(O)c1/C(O)=C/C(C)=O. The van der Waals surface area contributed by atoms with E-state index in [-0.39, 0.29) is 46.3 Å². The molecule has 6 heteroatoms. The van der Waals surface area contributed by atoms with E-state index in [2.05, 4.69) is 0 Å². The fourth-order valence-electron chi connectivity index (χ4n) is 2.48. The number of ether oxygens (including phenoxy) is 1. The van der Waals surface area contributed by atoms with Crippen molar-refractivity contribution in [1.29, 1.82) is 0 Å². The van der Waals surface area contributed by atoms with Crippen molar-refractivity contribution in [1.82, 2.24) is 0 Å². The number of phenolic OH excluding ortho intramolecular Hbond substituents is 2. The first-order chi connectivity index (χ1) is 12.3. The summed E-state index contributed by atoms with van der Waals surface area (Å²) >= 11 is 0. The molecule has 0 aliphatic heterocycles. The molecule has 2 aromatic carbocycles. The Balaban J connectivity index is 2.54. The molecule has 0 heterocycles. The first-order valence-electron chi connectivity index (χ1n) is 8.11. The number of hydrogen-bond acceptors (Lipinski definition) is 6. The molecule has 6 nitrogen and oxygen atoms in total. The van der Waals surface area contributed by atoms with E-state index in [0.717, 1.165) is 6.08 Å². The normalized spacial score (nSPS) is 11.2. The number of Topliss-reactive ketones (excluding diaryl/α,β-unsaturated/α-hetero) is 1. The van der Waals surface area contributed by atoms with E-state index in [1.54, 1.807) is 0 Å². The molecule has 0 unspecified atom stereocenters. The van der Waals surface area contributed by atoms with Crippen LogP contribution in [0.4, 0.5) is 0 Å². The third-order valence-electron chi connectivity index (χ3n) is 3.58. The Morgan fingerprint density at radius 3 is 2.08 bits per heavy atom. The summed E-state index contributed by atoms with van der Waals surface area (Å²) < 4.78 is 5.72. The smallest absolute Gasteiger partial charge is 0.170 e. The summed E-state index contributed by atoms with van der Waals surface area (Å²) in [5.41, 5.74) is -0.0568. The van der Waals surface area contributed by atoms with Gasteiger partial charge in [0.1, 0.15) is 39.9 Å². The summed E-state index contributed by atoms with van der Waals surface area (Å²) in [6, 6.07) is 8.69. The van der Waals surface area contributed by atoms with Crippen LogP contribution in [0.2, 0.25) is 0 Å². The molecule has 0 saturated carbocycles. The molecule has 0 saturated heterocycles. The highest BCUT2D eigenvalue weighted by Gasteiger charge is 2.20. The Labute approximate surface area is 151 Å². The van der Waals surface area contributed by atoms with Gasteiger partial charge in [-0.25, -0.2) is 0 Å². The number of carbonyl (C=O) groups excluding carboxylic acids is 2. The van der Waals surface area contributed by atoms with Crippen molar-refractivity contribution in [2.45, 2.75) is 26.7 Å². The number of hydrogen-bond donors (Lipinski definition) is 3. The number of carbonyl (C=O) groups is 2. The predicted molar refractivity (Wildman–Crippen MR) is 96.8 cm³/mol. The topological polar surface area (TPSA) is 104 Å². The third-order valence-corrected chi connectivity index (χ3v) is 3.58. The Morgan fingerprint density at radius 1 is 1.00 bits per heavy atom. The van der Waals surface area contributed by atoms with Gasteiger partial charge < -0.3 is 20.1 Å². The molecule has 136 valence electrons. The van der Waals surface area contributed by atoms with E-state index in [1.165, 1.54) is 43.3 Å². The highest BCUT2D eigenvalue weighted by atomic mass is 16.5. The van der Waals surface area contributed by atoms with Crippen molar-refractivity contribution in [3.8, 4) is 23.0 Å². The number of aliphatic hydroxyl groups is 1. The number of aliphatic hydroxyl groups excluding tert-OH is 1. The molecule has 0 aromatic heterocycles. The third kappa shape index (κ3) is 4.22. The minimum absolute atomic E-state index is 0.0266. The Bertz CT molecular complexity index is 867. The molecule has 0 aliphatic carbocycles. The Morgan fingerprint density at radius 2 is 1.54 bits per heavy atom. The number of ketones is 2. The molecule has 3 N–H and O–H groups in total. The standard InChI is InChI=1S/C20H20O6/c1-3-6-13(22)19-14(23)7-4-9-17(19)26-18-10-5-8-15(24)20(18)16(25)11-12(2)21/h4-5,7-11,23-25H,3,6H2,1-2H3/b16-11-. The summed E-state index contributed by atoms with van der Waals surface area (Å²) in [5.74, 6) is -1.54. The van der Waals surface area contributed by atoms with E-state index in [0.29, 0.717) is 6.42 Å². The maximum atomic E-state index is 12.3. The van der Waals surface area contributed by atoms with Crippen LogP contribution in [-0.4, -0.2) is 26.9 Å². The van der Waals surface area contributed by atoms with Crippen LogP contribution in [0.1, 0.15) is 42.6 Å². The molecule has 2 aromatic rings. The summed E-state index contributed by atoms with van der Waals surface area (Å²) in [4.78, 5) is 23.5. The van der Waals surface area contributed by atoms with Gasteiger partial charge in [0.2, 0.25) is 0 Å². The molecule has 0 aliphatic rings. The molecule has 2 rings (SSSR count). The minimum atomic E-state index is -0.466. The Kier molecular flexibility index (Phi) is 6.01. The van der Waals surface area contributed by atoms with Crippen LogP contribution in [0.3, 0.4) is 0 Å². The fraction of sp³-hybridized carbons (Fsp3) is 0.200. The van der Waals surface area contributed by atoms with Crippen molar-refractivity contribution in [3.05, 3.63) is 53.6 Å². The number of benzene rings is 2. The number of aromatic hydroxyl groups is 2. The molecule has 0 radical (unpaired) electrons. The van der Waals surface area contributed by atoms with Crippen LogP contribution in [0.15, 0.2) is 42.5 Å². The van der Waals surface area contributed by atoms with Gasteiger partial charge in [-0.15, -0.1) is 0 Å².